The van der Waals surface area contributed by atoms with Crippen LogP contribution in [-0.4, -0.2) is 85.8 Å². The van der Waals surface area contributed by atoms with Gasteiger partial charge >= 0.3 is 6.03 Å². The molecule has 3 aliphatic rings. The Morgan fingerprint density at radius 1 is 1.27 bits per heavy atom. The highest BCUT2D eigenvalue weighted by atomic mass is 16.5. The van der Waals surface area contributed by atoms with Gasteiger partial charge < -0.3 is 19.1 Å². The highest BCUT2D eigenvalue weighted by Crippen LogP contribution is 2.29. The second-order valence-electron chi connectivity index (χ2n) is 10.1. The van der Waals surface area contributed by atoms with Gasteiger partial charge in [-0.15, -0.1) is 0 Å². The Bertz CT molecular complexity index is 1330. The fourth-order valence-electron chi connectivity index (χ4n) is 5.48. The fourth-order valence-corrected chi connectivity index (χ4v) is 5.48. The monoisotopic (exact) mass is 548 g/mol. The number of carbonyl (C=O) groups excluding carboxylic acids is 3. The van der Waals surface area contributed by atoms with Gasteiger partial charge in [0.2, 0.25) is 5.91 Å². The van der Waals surface area contributed by atoms with Crippen molar-refractivity contribution in [2.24, 2.45) is 5.92 Å². The summed E-state index contributed by atoms with van der Waals surface area (Å²) in [6.07, 6.45) is 4.89. The standard InChI is InChI=1S/C28H32N6O6/c1-38-24-4-7-39-16-21(24)10-19-11-25(30-13-22(19)12-29)32-28(37)34-5-2-3-18-9-20(23(15-35)31-27(18)34)14-33-6-8-40-17-26(33)36/h9,11,13,15,21,24H,2-8,10,14,16-17H2,1H3,(H,30,32,37)/t21?,24-/m0/s1. The Morgan fingerprint density at radius 2 is 2.15 bits per heavy atom. The van der Waals surface area contributed by atoms with E-state index in [-0.39, 0.29) is 36.8 Å². The maximum absolute atomic E-state index is 13.4. The van der Waals surface area contributed by atoms with E-state index in [0.29, 0.717) is 81.2 Å². The van der Waals surface area contributed by atoms with Crippen LogP contribution >= 0.6 is 0 Å². The molecule has 0 aliphatic carbocycles. The van der Waals surface area contributed by atoms with E-state index < -0.39 is 6.03 Å². The van der Waals surface area contributed by atoms with Gasteiger partial charge in [0, 0.05) is 51.0 Å². The van der Waals surface area contributed by atoms with Gasteiger partial charge in [0.05, 0.1) is 24.9 Å². The summed E-state index contributed by atoms with van der Waals surface area (Å²) in [4.78, 5) is 49.5. The number of morpholine rings is 1. The lowest BCUT2D eigenvalue weighted by Gasteiger charge is -2.31. The van der Waals surface area contributed by atoms with Crippen molar-refractivity contribution in [2.75, 3.05) is 56.8 Å². The smallest absolute Gasteiger partial charge is 0.328 e. The topological polar surface area (TPSA) is 147 Å². The molecular weight excluding hydrogens is 516 g/mol. The second-order valence-corrected chi connectivity index (χ2v) is 10.1. The number of hydrogen-bond acceptors (Lipinski definition) is 9. The summed E-state index contributed by atoms with van der Waals surface area (Å²) >= 11 is 0. The Labute approximate surface area is 232 Å². The lowest BCUT2D eigenvalue weighted by Crippen LogP contribution is -2.42. The van der Waals surface area contributed by atoms with Crippen molar-refractivity contribution in [3.63, 3.8) is 0 Å². The van der Waals surface area contributed by atoms with Crippen molar-refractivity contribution in [3.05, 3.63) is 46.3 Å². The first-order chi connectivity index (χ1) is 19.5. The number of urea groups is 1. The van der Waals surface area contributed by atoms with E-state index in [1.807, 2.05) is 6.07 Å². The van der Waals surface area contributed by atoms with E-state index in [0.717, 1.165) is 17.5 Å². The number of aryl methyl sites for hydroxylation is 1. The van der Waals surface area contributed by atoms with Crippen LogP contribution in [0.25, 0.3) is 0 Å². The van der Waals surface area contributed by atoms with E-state index in [1.54, 1.807) is 18.1 Å². The summed E-state index contributed by atoms with van der Waals surface area (Å²) in [5.74, 6) is 0.678. The summed E-state index contributed by atoms with van der Waals surface area (Å²) in [7, 11) is 1.68. The third-order valence-corrected chi connectivity index (χ3v) is 7.61. The van der Waals surface area contributed by atoms with Gasteiger partial charge in [-0.1, -0.05) is 0 Å². The summed E-state index contributed by atoms with van der Waals surface area (Å²) < 4.78 is 16.4. The molecule has 3 aliphatic heterocycles. The van der Waals surface area contributed by atoms with Crippen molar-refractivity contribution in [1.29, 1.82) is 5.26 Å². The molecule has 0 spiro atoms. The van der Waals surface area contributed by atoms with Gasteiger partial charge in [-0.2, -0.15) is 5.26 Å². The number of methoxy groups -OCH3 is 1. The molecule has 12 nitrogen and oxygen atoms in total. The SMILES string of the molecule is CO[C@H]1CCOCC1Cc1cc(NC(=O)N2CCCc3cc(CN4CCOCC4=O)c(C=O)nc32)ncc1C#N. The third-order valence-electron chi connectivity index (χ3n) is 7.61. The van der Waals surface area contributed by atoms with Crippen LogP contribution in [0, 0.1) is 17.2 Å². The van der Waals surface area contributed by atoms with E-state index >= 15 is 0 Å². The van der Waals surface area contributed by atoms with Crippen molar-refractivity contribution < 1.29 is 28.6 Å². The average molecular weight is 549 g/mol. The van der Waals surface area contributed by atoms with Gasteiger partial charge in [0.1, 0.15) is 30.0 Å². The minimum atomic E-state index is -0.430. The highest BCUT2D eigenvalue weighted by molar-refractivity contribution is 6.01. The molecule has 2 atom stereocenters. The number of hydrogen-bond donors (Lipinski definition) is 1. The fraction of sp³-hybridized carbons (Fsp3) is 0.500. The van der Waals surface area contributed by atoms with E-state index in [1.165, 1.54) is 11.1 Å². The van der Waals surface area contributed by atoms with Gasteiger partial charge in [0.25, 0.3) is 0 Å². The molecule has 1 unspecified atom stereocenters. The molecule has 1 N–H and O–H groups in total. The predicted molar refractivity (Wildman–Crippen MR) is 143 cm³/mol. The molecule has 3 amide bonds. The van der Waals surface area contributed by atoms with Crippen LogP contribution in [0.5, 0.6) is 0 Å². The van der Waals surface area contributed by atoms with Crippen LogP contribution in [-0.2, 0) is 38.4 Å². The van der Waals surface area contributed by atoms with Crippen LogP contribution < -0.4 is 10.2 Å². The molecule has 0 aromatic carbocycles. The number of pyridine rings is 2. The zero-order valence-electron chi connectivity index (χ0n) is 22.4. The van der Waals surface area contributed by atoms with E-state index in [4.69, 9.17) is 14.2 Å². The Hall–Kier alpha value is -3.92. The van der Waals surface area contributed by atoms with Gasteiger partial charge in [-0.05, 0) is 48.9 Å². The van der Waals surface area contributed by atoms with Crippen molar-refractivity contribution >= 4 is 29.9 Å². The first kappa shape index (κ1) is 27.6. The molecule has 210 valence electrons. The number of aldehydes is 1. The molecule has 40 heavy (non-hydrogen) atoms. The highest BCUT2D eigenvalue weighted by Gasteiger charge is 2.29. The van der Waals surface area contributed by atoms with Crippen LogP contribution in [0.15, 0.2) is 18.3 Å². The van der Waals surface area contributed by atoms with E-state index in [2.05, 4.69) is 21.4 Å². The largest absolute Gasteiger partial charge is 0.381 e. The number of anilines is 2. The summed E-state index contributed by atoms with van der Waals surface area (Å²) in [5, 5.41) is 12.5. The number of carbonyl (C=O) groups is 3. The van der Waals surface area contributed by atoms with Crippen LogP contribution in [0.2, 0.25) is 0 Å². The Balaban J connectivity index is 1.34. The molecule has 2 aromatic rings. The summed E-state index contributed by atoms with van der Waals surface area (Å²) in [6.45, 7) is 2.77. The van der Waals surface area contributed by atoms with Gasteiger partial charge in [-0.3, -0.25) is 19.8 Å². The molecular formula is C28H32N6O6. The number of rotatable bonds is 7. The first-order valence-corrected chi connectivity index (χ1v) is 13.4. The minimum absolute atomic E-state index is 0.0230. The number of nitriles is 1. The summed E-state index contributed by atoms with van der Waals surface area (Å²) in [5.41, 5.74) is 2.86. The molecule has 5 rings (SSSR count). The average Bonchev–Trinajstić information content (AvgIpc) is 2.98. The molecule has 12 heteroatoms. The number of ether oxygens (including phenoxy) is 3. The van der Waals surface area contributed by atoms with Crippen LogP contribution in [0.4, 0.5) is 16.4 Å². The van der Waals surface area contributed by atoms with Gasteiger partial charge in [-0.25, -0.2) is 14.8 Å². The van der Waals surface area contributed by atoms with Crippen LogP contribution in [0.1, 0.15) is 45.6 Å². The predicted octanol–water partition coefficient (Wildman–Crippen LogP) is 2.10. The first-order valence-electron chi connectivity index (χ1n) is 13.4. The molecule has 2 aromatic heterocycles. The zero-order valence-corrected chi connectivity index (χ0v) is 22.4. The molecule has 2 fully saturated rings. The molecule has 0 saturated carbocycles. The number of aromatic nitrogens is 2. The number of fused-ring (bicyclic) bond motifs is 1. The van der Waals surface area contributed by atoms with E-state index in [9.17, 15) is 19.6 Å². The van der Waals surface area contributed by atoms with Crippen molar-refractivity contribution in [3.8, 4) is 6.07 Å². The van der Waals surface area contributed by atoms with Crippen molar-refractivity contribution in [2.45, 2.75) is 38.3 Å². The Kier molecular flexibility index (Phi) is 8.64. The zero-order chi connectivity index (χ0) is 28.1. The maximum Gasteiger partial charge on any atom is 0.328 e. The normalized spacial score (nSPS) is 20.9. The molecule has 0 bridgehead atoms. The minimum Gasteiger partial charge on any atom is -0.381 e. The lowest BCUT2D eigenvalue weighted by atomic mass is 9.90. The molecule has 0 radical (unpaired) electrons. The van der Waals surface area contributed by atoms with Gasteiger partial charge in [0.15, 0.2) is 6.29 Å². The second kappa shape index (κ2) is 12.5. The third kappa shape index (κ3) is 5.96. The molecule has 5 heterocycles. The number of amides is 3. The lowest BCUT2D eigenvalue weighted by molar-refractivity contribution is -0.143. The quantitative estimate of drug-likeness (QED) is 0.514. The van der Waals surface area contributed by atoms with Crippen molar-refractivity contribution in [1.82, 2.24) is 14.9 Å². The number of nitrogens with zero attached hydrogens (tertiary/aromatic N) is 5. The molecule has 2 saturated heterocycles. The summed E-state index contributed by atoms with van der Waals surface area (Å²) in [6, 6.07) is 5.34. The van der Waals surface area contributed by atoms with Crippen LogP contribution in [0.3, 0.4) is 0 Å². The Morgan fingerprint density at radius 3 is 2.92 bits per heavy atom. The number of nitrogens with one attached hydrogen (secondary N) is 1. The maximum atomic E-state index is 13.4.